The molecule has 33 heavy (non-hydrogen) atoms. The van der Waals surface area contributed by atoms with Gasteiger partial charge in [0.2, 0.25) is 17.7 Å². The number of aldehydes is 1. The van der Waals surface area contributed by atoms with Gasteiger partial charge in [-0.1, -0.05) is 41.0 Å². The van der Waals surface area contributed by atoms with Crippen LogP contribution in [-0.4, -0.2) is 79.2 Å². The molecule has 0 bridgehead atoms. The van der Waals surface area contributed by atoms with E-state index in [1.54, 1.807) is 19.1 Å². The lowest BCUT2D eigenvalue weighted by molar-refractivity contribution is -0.142. The van der Waals surface area contributed by atoms with Crippen LogP contribution in [0.2, 0.25) is 0 Å². The smallest absolute Gasteiger partial charge is 0.242 e. The lowest BCUT2D eigenvalue weighted by atomic mass is 9.90. The van der Waals surface area contributed by atoms with Crippen molar-refractivity contribution in [2.24, 2.45) is 17.8 Å². The zero-order valence-electron chi connectivity index (χ0n) is 21.6. The molecule has 0 aliphatic carbocycles. The summed E-state index contributed by atoms with van der Waals surface area (Å²) in [4.78, 5) is 52.7. The Hall–Kier alpha value is -1.96. The first-order valence-electron chi connectivity index (χ1n) is 12.3. The highest BCUT2D eigenvalue weighted by atomic mass is 16.5. The fourth-order valence-corrected chi connectivity index (χ4v) is 4.67. The van der Waals surface area contributed by atoms with Gasteiger partial charge < -0.3 is 24.6 Å². The molecule has 190 valence electrons. The summed E-state index contributed by atoms with van der Waals surface area (Å²) < 4.78 is 5.77. The number of carbonyl (C=O) groups excluding carboxylic acids is 4. The number of methoxy groups -OCH3 is 1. The van der Waals surface area contributed by atoms with Gasteiger partial charge in [0, 0.05) is 39.1 Å². The molecule has 1 aliphatic rings. The van der Waals surface area contributed by atoms with E-state index in [9.17, 15) is 19.2 Å². The first-order chi connectivity index (χ1) is 15.5. The second kappa shape index (κ2) is 14.3. The van der Waals surface area contributed by atoms with Crippen molar-refractivity contribution in [3.63, 3.8) is 0 Å². The van der Waals surface area contributed by atoms with Crippen LogP contribution in [0.15, 0.2) is 0 Å². The standard InChI is InChI=1S/C25H45N3O5/c1-8-19(5)25(27(6)24(32)15-26-22(30)12-17(2)3)21(33-7)14-23(31)28-11-9-10-20(28)13-18(4)16-29/h16-21,25H,8-15H2,1-7H3,(H,26,30)/t18?,19?,20-,21?,25?/m0/s1. The lowest BCUT2D eigenvalue weighted by Gasteiger charge is -2.38. The van der Waals surface area contributed by atoms with E-state index in [4.69, 9.17) is 4.74 Å². The highest BCUT2D eigenvalue weighted by molar-refractivity contribution is 5.85. The highest BCUT2D eigenvalue weighted by Gasteiger charge is 2.37. The Morgan fingerprint density at radius 2 is 1.85 bits per heavy atom. The summed E-state index contributed by atoms with van der Waals surface area (Å²) in [5.41, 5.74) is 0. The largest absolute Gasteiger partial charge is 0.379 e. The first kappa shape index (κ1) is 29.1. The Labute approximate surface area is 199 Å². The topological polar surface area (TPSA) is 96.0 Å². The summed E-state index contributed by atoms with van der Waals surface area (Å²) in [7, 11) is 3.29. The molecule has 1 aliphatic heterocycles. The average Bonchev–Trinajstić information content (AvgIpc) is 3.23. The SMILES string of the molecule is CCC(C)C(C(CC(=O)N1CCC[C@H]1CC(C)C=O)OC)N(C)C(=O)CNC(=O)CC(C)C. The fraction of sp³-hybridized carbons (Fsp3) is 0.840. The number of nitrogens with zero attached hydrogens (tertiary/aromatic N) is 2. The van der Waals surface area contributed by atoms with E-state index in [2.05, 4.69) is 5.32 Å². The number of amides is 3. The molecule has 8 nitrogen and oxygen atoms in total. The summed E-state index contributed by atoms with van der Waals surface area (Å²) in [6, 6.07) is -0.221. The van der Waals surface area contributed by atoms with Crippen LogP contribution in [0.25, 0.3) is 0 Å². The van der Waals surface area contributed by atoms with Crippen LogP contribution in [0, 0.1) is 17.8 Å². The maximum atomic E-state index is 13.2. The van der Waals surface area contributed by atoms with Crippen molar-refractivity contribution in [3.05, 3.63) is 0 Å². The molecule has 0 aromatic carbocycles. The number of likely N-dealkylation sites (N-methyl/N-ethyl adjacent to an activating group) is 1. The minimum atomic E-state index is -0.461. The molecule has 5 atom stereocenters. The molecule has 1 rings (SSSR count). The van der Waals surface area contributed by atoms with Gasteiger partial charge in [0.15, 0.2) is 0 Å². The minimum Gasteiger partial charge on any atom is -0.379 e. The predicted molar refractivity (Wildman–Crippen MR) is 128 cm³/mol. The number of rotatable bonds is 14. The third-order valence-electron chi connectivity index (χ3n) is 6.73. The van der Waals surface area contributed by atoms with E-state index >= 15 is 0 Å². The third-order valence-corrected chi connectivity index (χ3v) is 6.73. The van der Waals surface area contributed by atoms with Crippen molar-refractivity contribution >= 4 is 24.0 Å². The zero-order chi connectivity index (χ0) is 25.1. The van der Waals surface area contributed by atoms with Crippen molar-refractivity contribution in [3.8, 4) is 0 Å². The van der Waals surface area contributed by atoms with Crippen LogP contribution in [0.3, 0.4) is 0 Å². The molecule has 4 unspecified atom stereocenters. The number of ether oxygens (including phenoxy) is 1. The minimum absolute atomic E-state index is 0.00170. The van der Waals surface area contributed by atoms with Gasteiger partial charge in [-0.3, -0.25) is 14.4 Å². The molecule has 0 saturated carbocycles. The van der Waals surface area contributed by atoms with Crippen molar-refractivity contribution in [2.75, 3.05) is 27.2 Å². The molecule has 0 spiro atoms. The Bertz CT molecular complexity index is 654. The van der Waals surface area contributed by atoms with Crippen LogP contribution < -0.4 is 5.32 Å². The molecule has 0 aromatic heterocycles. The number of hydrogen-bond acceptors (Lipinski definition) is 5. The summed E-state index contributed by atoms with van der Waals surface area (Å²) in [5.74, 6) is -0.0993. The fourth-order valence-electron chi connectivity index (χ4n) is 4.67. The molecule has 1 fully saturated rings. The molecule has 1 N–H and O–H groups in total. The monoisotopic (exact) mass is 467 g/mol. The third kappa shape index (κ3) is 9.07. The highest BCUT2D eigenvalue weighted by Crippen LogP contribution is 2.27. The van der Waals surface area contributed by atoms with E-state index in [0.29, 0.717) is 19.4 Å². The van der Waals surface area contributed by atoms with Gasteiger partial charge in [0.25, 0.3) is 0 Å². The van der Waals surface area contributed by atoms with Crippen molar-refractivity contribution < 1.29 is 23.9 Å². The second-order valence-corrected chi connectivity index (χ2v) is 9.97. The lowest BCUT2D eigenvalue weighted by Crippen LogP contribution is -2.53. The number of hydrogen-bond donors (Lipinski definition) is 1. The zero-order valence-corrected chi connectivity index (χ0v) is 21.6. The van der Waals surface area contributed by atoms with Gasteiger partial charge in [0.05, 0.1) is 25.1 Å². The second-order valence-electron chi connectivity index (χ2n) is 9.97. The molecule has 0 aromatic rings. The first-order valence-corrected chi connectivity index (χ1v) is 12.3. The molecule has 0 radical (unpaired) electrons. The normalized spacial score (nSPS) is 19.6. The molecular formula is C25H45N3O5. The van der Waals surface area contributed by atoms with Gasteiger partial charge in [-0.05, 0) is 31.1 Å². The Kier molecular flexibility index (Phi) is 12.6. The van der Waals surface area contributed by atoms with Crippen LogP contribution in [0.1, 0.15) is 73.1 Å². The van der Waals surface area contributed by atoms with Gasteiger partial charge in [-0.15, -0.1) is 0 Å². The van der Waals surface area contributed by atoms with E-state index < -0.39 is 6.10 Å². The molecular weight excluding hydrogens is 422 g/mol. The van der Waals surface area contributed by atoms with Crippen LogP contribution in [0.4, 0.5) is 0 Å². The summed E-state index contributed by atoms with van der Waals surface area (Å²) in [6.45, 7) is 10.5. The Morgan fingerprint density at radius 1 is 1.18 bits per heavy atom. The van der Waals surface area contributed by atoms with E-state index in [0.717, 1.165) is 25.5 Å². The predicted octanol–water partition coefficient (Wildman–Crippen LogP) is 2.64. The van der Waals surface area contributed by atoms with E-state index in [1.807, 2.05) is 39.5 Å². The van der Waals surface area contributed by atoms with Gasteiger partial charge in [0.1, 0.15) is 6.29 Å². The number of likely N-dealkylation sites (tertiary alicyclic amines) is 1. The number of nitrogens with one attached hydrogen (secondary N) is 1. The maximum Gasteiger partial charge on any atom is 0.242 e. The summed E-state index contributed by atoms with van der Waals surface area (Å²) in [6.07, 6.45) is 4.37. The Morgan fingerprint density at radius 3 is 2.39 bits per heavy atom. The van der Waals surface area contributed by atoms with E-state index in [1.165, 1.54) is 0 Å². The van der Waals surface area contributed by atoms with Gasteiger partial charge >= 0.3 is 0 Å². The molecule has 1 saturated heterocycles. The van der Waals surface area contributed by atoms with Gasteiger partial charge in [-0.2, -0.15) is 0 Å². The van der Waals surface area contributed by atoms with Crippen molar-refractivity contribution in [1.29, 1.82) is 0 Å². The van der Waals surface area contributed by atoms with Crippen LogP contribution in [0.5, 0.6) is 0 Å². The van der Waals surface area contributed by atoms with E-state index in [-0.39, 0.29) is 60.5 Å². The average molecular weight is 468 g/mol. The van der Waals surface area contributed by atoms with Crippen LogP contribution in [-0.2, 0) is 23.9 Å². The van der Waals surface area contributed by atoms with Crippen molar-refractivity contribution in [1.82, 2.24) is 15.1 Å². The van der Waals surface area contributed by atoms with Crippen LogP contribution >= 0.6 is 0 Å². The number of carbonyl (C=O) groups is 4. The summed E-state index contributed by atoms with van der Waals surface area (Å²) in [5, 5.41) is 2.70. The molecule has 8 heteroatoms. The quantitative estimate of drug-likeness (QED) is 0.396. The summed E-state index contributed by atoms with van der Waals surface area (Å²) >= 11 is 0. The maximum absolute atomic E-state index is 13.2. The van der Waals surface area contributed by atoms with Gasteiger partial charge in [-0.25, -0.2) is 0 Å². The molecule has 1 heterocycles. The Balaban J connectivity index is 2.88. The molecule has 3 amide bonds. The van der Waals surface area contributed by atoms with Crippen molar-refractivity contribution in [2.45, 2.75) is 91.3 Å².